The van der Waals surface area contributed by atoms with E-state index in [0.717, 1.165) is 0 Å². The van der Waals surface area contributed by atoms with Crippen molar-refractivity contribution in [3.8, 4) is 0 Å². The molecule has 0 aromatic heterocycles. The van der Waals surface area contributed by atoms with E-state index >= 15 is 0 Å². The number of carboxylic acid groups (broad SMARTS) is 1. The zero-order chi connectivity index (χ0) is 17.3. The largest absolute Gasteiger partial charge is 0.480 e. The van der Waals surface area contributed by atoms with Crippen LogP contribution in [-0.2, 0) is 9.53 Å². The van der Waals surface area contributed by atoms with Gasteiger partial charge >= 0.3 is 18.2 Å². The molecule has 1 fully saturated rings. The van der Waals surface area contributed by atoms with Gasteiger partial charge in [-0.15, -0.1) is 0 Å². The molecule has 1 amide bonds. The van der Waals surface area contributed by atoms with Crippen LogP contribution in [0.1, 0.15) is 47.0 Å². The summed E-state index contributed by atoms with van der Waals surface area (Å²) in [5, 5.41) is 11.5. The van der Waals surface area contributed by atoms with Crippen LogP contribution in [0.3, 0.4) is 0 Å². The highest BCUT2D eigenvalue weighted by atomic mass is 19.4. The number of nitrogens with one attached hydrogen (secondary N) is 1. The van der Waals surface area contributed by atoms with Gasteiger partial charge in [-0.25, -0.2) is 9.59 Å². The third-order valence-corrected chi connectivity index (χ3v) is 3.64. The first kappa shape index (κ1) is 18.6. The summed E-state index contributed by atoms with van der Waals surface area (Å²) in [6, 6.07) is 0. The number of rotatable bonds is 4. The van der Waals surface area contributed by atoms with Gasteiger partial charge in [-0.2, -0.15) is 13.2 Å². The molecular weight excluding hydrogens is 303 g/mol. The molecule has 0 spiro atoms. The summed E-state index contributed by atoms with van der Waals surface area (Å²) >= 11 is 0. The van der Waals surface area contributed by atoms with Crippen LogP contribution in [0.4, 0.5) is 18.0 Å². The molecule has 5 nitrogen and oxygen atoms in total. The van der Waals surface area contributed by atoms with Crippen molar-refractivity contribution in [1.82, 2.24) is 5.32 Å². The van der Waals surface area contributed by atoms with Crippen LogP contribution < -0.4 is 5.32 Å². The van der Waals surface area contributed by atoms with E-state index in [0.29, 0.717) is 0 Å². The Labute approximate surface area is 127 Å². The van der Waals surface area contributed by atoms with Crippen molar-refractivity contribution in [3.63, 3.8) is 0 Å². The van der Waals surface area contributed by atoms with Gasteiger partial charge in [0.15, 0.2) is 0 Å². The Hall–Kier alpha value is -1.47. The highest BCUT2D eigenvalue weighted by Gasteiger charge is 2.50. The topological polar surface area (TPSA) is 75.6 Å². The number of halogens is 3. The first-order valence-electron chi connectivity index (χ1n) is 7.04. The van der Waals surface area contributed by atoms with E-state index in [1.165, 1.54) is 6.92 Å². The minimum absolute atomic E-state index is 0.0614. The molecule has 0 aromatic rings. The summed E-state index contributed by atoms with van der Waals surface area (Å²) < 4.78 is 42.4. The van der Waals surface area contributed by atoms with Gasteiger partial charge in [0.1, 0.15) is 11.1 Å². The maximum absolute atomic E-state index is 12.5. The average molecular weight is 325 g/mol. The van der Waals surface area contributed by atoms with Gasteiger partial charge in [-0.05, 0) is 52.9 Å². The number of carbonyl (C=O) groups excluding carboxylic acids is 1. The van der Waals surface area contributed by atoms with Crippen LogP contribution in [0.5, 0.6) is 0 Å². The number of carboxylic acids is 1. The second kappa shape index (κ2) is 5.96. The van der Waals surface area contributed by atoms with Gasteiger partial charge < -0.3 is 15.2 Å². The normalized spacial score (nSPS) is 24.9. The van der Waals surface area contributed by atoms with Gasteiger partial charge in [0, 0.05) is 0 Å². The fraction of sp³-hybridized carbons (Fsp3) is 0.857. The molecule has 8 heteroatoms. The van der Waals surface area contributed by atoms with Crippen LogP contribution in [0.25, 0.3) is 0 Å². The second-order valence-electron chi connectivity index (χ2n) is 7.04. The van der Waals surface area contributed by atoms with Crippen LogP contribution in [-0.4, -0.2) is 34.5 Å². The minimum atomic E-state index is -4.24. The van der Waals surface area contributed by atoms with Crippen LogP contribution >= 0.6 is 0 Å². The summed E-state index contributed by atoms with van der Waals surface area (Å²) in [7, 11) is 0. The molecular formula is C14H22F3NO4. The molecule has 1 aliphatic rings. The number of amides is 1. The van der Waals surface area contributed by atoms with Crippen molar-refractivity contribution in [2.45, 2.75) is 64.3 Å². The molecule has 1 saturated carbocycles. The van der Waals surface area contributed by atoms with Gasteiger partial charge in [-0.1, -0.05) is 0 Å². The summed E-state index contributed by atoms with van der Waals surface area (Å²) in [4.78, 5) is 23.1. The van der Waals surface area contributed by atoms with Gasteiger partial charge in [0.25, 0.3) is 0 Å². The second-order valence-corrected chi connectivity index (χ2v) is 7.04. The first-order chi connectivity index (χ1) is 9.73. The lowest BCUT2D eigenvalue weighted by Gasteiger charge is -2.40. The van der Waals surface area contributed by atoms with E-state index in [1.54, 1.807) is 20.8 Å². The fourth-order valence-corrected chi connectivity index (χ4v) is 2.47. The predicted octanol–water partition coefficient (Wildman–Crippen LogP) is 3.33. The molecule has 1 rings (SSSR count). The zero-order valence-electron chi connectivity index (χ0n) is 13.1. The van der Waals surface area contributed by atoms with E-state index < -0.39 is 35.3 Å². The maximum atomic E-state index is 12.5. The standard InChI is InChI=1S/C14H22F3NO4/c1-12(2,3)22-11(21)18-13(4,10(19)20)7-8-5-9(6-8)14(15,16)17/h8-9H,5-7H2,1-4H3,(H,18,21)(H,19,20). The Morgan fingerprint density at radius 2 is 1.68 bits per heavy atom. The lowest BCUT2D eigenvalue weighted by molar-refractivity contribution is -0.206. The molecule has 128 valence electrons. The van der Waals surface area contributed by atoms with Crippen molar-refractivity contribution < 1.29 is 32.6 Å². The molecule has 1 aliphatic carbocycles. The molecule has 2 N–H and O–H groups in total. The third kappa shape index (κ3) is 5.06. The number of alkyl carbamates (subject to hydrolysis) is 1. The summed E-state index contributed by atoms with van der Waals surface area (Å²) in [5.41, 5.74) is -2.44. The minimum Gasteiger partial charge on any atom is -0.480 e. The highest BCUT2D eigenvalue weighted by molar-refractivity contribution is 5.84. The molecule has 0 radical (unpaired) electrons. The lowest BCUT2D eigenvalue weighted by atomic mass is 9.69. The third-order valence-electron chi connectivity index (χ3n) is 3.64. The quantitative estimate of drug-likeness (QED) is 0.831. The molecule has 22 heavy (non-hydrogen) atoms. The molecule has 0 saturated heterocycles. The van der Waals surface area contributed by atoms with E-state index in [1.807, 2.05) is 0 Å². The molecule has 1 unspecified atom stereocenters. The van der Waals surface area contributed by atoms with Crippen LogP contribution in [0.15, 0.2) is 0 Å². The Bertz CT molecular complexity index is 438. The van der Waals surface area contributed by atoms with E-state index in [2.05, 4.69) is 5.32 Å². The smallest absolute Gasteiger partial charge is 0.408 e. The number of ether oxygens (including phenoxy) is 1. The van der Waals surface area contributed by atoms with Crippen LogP contribution in [0, 0.1) is 11.8 Å². The Morgan fingerprint density at radius 3 is 2.05 bits per heavy atom. The Kier molecular flexibility index (Phi) is 5.04. The number of hydrogen-bond acceptors (Lipinski definition) is 3. The zero-order valence-corrected chi connectivity index (χ0v) is 13.1. The van der Waals surface area contributed by atoms with E-state index in [9.17, 15) is 27.9 Å². The number of alkyl halides is 3. The van der Waals surface area contributed by atoms with Crippen molar-refractivity contribution in [2.24, 2.45) is 11.8 Å². The average Bonchev–Trinajstić information content (AvgIpc) is 2.17. The number of aliphatic carboxylic acids is 1. The monoisotopic (exact) mass is 325 g/mol. The summed E-state index contributed by atoms with van der Waals surface area (Å²) in [5.74, 6) is -3.06. The van der Waals surface area contributed by atoms with Crippen molar-refractivity contribution in [2.75, 3.05) is 0 Å². The molecule has 0 heterocycles. The predicted molar refractivity (Wildman–Crippen MR) is 72.3 cm³/mol. The Morgan fingerprint density at radius 1 is 1.18 bits per heavy atom. The molecule has 1 atom stereocenters. The van der Waals surface area contributed by atoms with Crippen molar-refractivity contribution in [3.05, 3.63) is 0 Å². The molecule has 0 aliphatic heterocycles. The van der Waals surface area contributed by atoms with Gasteiger partial charge in [0.05, 0.1) is 5.92 Å². The van der Waals surface area contributed by atoms with E-state index in [4.69, 9.17) is 4.74 Å². The van der Waals surface area contributed by atoms with Gasteiger partial charge in [-0.3, -0.25) is 0 Å². The highest BCUT2D eigenvalue weighted by Crippen LogP contribution is 2.47. The van der Waals surface area contributed by atoms with E-state index in [-0.39, 0.29) is 25.2 Å². The Balaban J connectivity index is 2.62. The van der Waals surface area contributed by atoms with Crippen LogP contribution in [0.2, 0.25) is 0 Å². The fourth-order valence-electron chi connectivity index (χ4n) is 2.47. The number of hydrogen-bond donors (Lipinski definition) is 2. The molecule has 0 bridgehead atoms. The number of carbonyl (C=O) groups is 2. The lowest BCUT2D eigenvalue weighted by Crippen LogP contribution is -2.55. The van der Waals surface area contributed by atoms with Crippen molar-refractivity contribution in [1.29, 1.82) is 0 Å². The summed E-state index contributed by atoms with van der Waals surface area (Å²) in [6.07, 6.45) is -5.42. The molecule has 0 aromatic carbocycles. The SMILES string of the molecule is CC(C)(C)OC(=O)NC(C)(CC1CC(C(F)(F)F)C1)C(=O)O. The van der Waals surface area contributed by atoms with Gasteiger partial charge in [0.2, 0.25) is 0 Å². The maximum Gasteiger partial charge on any atom is 0.408 e. The van der Waals surface area contributed by atoms with Crippen molar-refractivity contribution >= 4 is 12.1 Å². The summed E-state index contributed by atoms with van der Waals surface area (Å²) in [6.45, 7) is 6.17. The first-order valence-corrected chi connectivity index (χ1v) is 7.04.